The number of benzene rings is 2. The van der Waals surface area contributed by atoms with Gasteiger partial charge in [-0.05, 0) is 54.9 Å². The van der Waals surface area contributed by atoms with Gasteiger partial charge in [0, 0.05) is 13.1 Å². The summed E-state index contributed by atoms with van der Waals surface area (Å²) in [7, 11) is 0. The third-order valence-electron chi connectivity index (χ3n) is 3.54. The monoisotopic (exact) mass is 404 g/mol. The van der Waals surface area contributed by atoms with Crippen LogP contribution in [0.2, 0.25) is 0 Å². The highest BCUT2D eigenvalue weighted by molar-refractivity contribution is 5.85. The van der Waals surface area contributed by atoms with Crippen LogP contribution in [0.1, 0.15) is 17.5 Å². The van der Waals surface area contributed by atoms with Gasteiger partial charge >= 0.3 is 0 Å². The van der Waals surface area contributed by atoms with Gasteiger partial charge in [-0.1, -0.05) is 24.3 Å². The summed E-state index contributed by atoms with van der Waals surface area (Å²) in [6, 6.07) is 14.3. The smallest absolute Gasteiger partial charge is 0.123 e. The minimum absolute atomic E-state index is 0. The molecule has 3 N–H and O–H groups in total. The van der Waals surface area contributed by atoms with Crippen molar-refractivity contribution in [2.45, 2.75) is 19.6 Å². The summed E-state index contributed by atoms with van der Waals surface area (Å²) in [6.07, 6.45) is 1.01. The number of aliphatic hydroxyl groups is 1. The first-order chi connectivity index (χ1) is 11.8. The third-order valence-corrected chi connectivity index (χ3v) is 3.54. The summed E-state index contributed by atoms with van der Waals surface area (Å²) in [4.78, 5) is 0. The number of hydrogen-bond donors (Lipinski definition) is 3. The molecule has 2 rings (SSSR count). The minimum atomic E-state index is -0.238. The average molecular weight is 405 g/mol. The van der Waals surface area contributed by atoms with E-state index >= 15 is 0 Å². The molecule has 0 bridgehead atoms. The Balaban J connectivity index is 0.00000312. The predicted molar refractivity (Wildman–Crippen MR) is 108 cm³/mol. The van der Waals surface area contributed by atoms with E-state index in [1.807, 2.05) is 18.2 Å². The van der Waals surface area contributed by atoms with Crippen molar-refractivity contribution in [2.24, 2.45) is 0 Å². The van der Waals surface area contributed by atoms with Crippen LogP contribution in [0.3, 0.4) is 0 Å². The normalized spacial score (nSPS) is 9.92. The molecule has 4 nitrogen and oxygen atoms in total. The lowest BCUT2D eigenvalue weighted by Gasteiger charge is -2.09. The van der Waals surface area contributed by atoms with Crippen LogP contribution in [0.4, 0.5) is 4.39 Å². The Kier molecular flexibility index (Phi) is 14.0. The van der Waals surface area contributed by atoms with Gasteiger partial charge in [-0.15, -0.1) is 24.8 Å². The SMILES string of the molecule is Cl.Cl.OCCNCCCNCc1cccc(OCc2ccc(F)cc2)c1. The molecule has 0 aliphatic heterocycles. The lowest BCUT2D eigenvalue weighted by Crippen LogP contribution is -2.23. The number of ether oxygens (including phenoxy) is 1. The molecule has 0 saturated carbocycles. The van der Waals surface area contributed by atoms with Crippen LogP contribution < -0.4 is 15.4 Å². The molecule has 0 radical (unpaired) electrons. The molecule has 0 fully saturated rings. The van der Waals surface area contributed by atoms with Gasteiger partial charge in [0.1, 0.15) is 18.2 Å². The van der Waals surface area contributed by atoms with Gasteiger partial charge < -0.3 is 20.5 Å². The van der Waals surface area contributed by atoms with Gasteiger partial charge in [0.2, 0.25) is 0 Å². The van der Waals surface area contributed by atoms with Crippen LogP contribution >= 0.6 is 24.8 Å². The molecule has 0 saturated heterocycles. The third kappa shape index (κ3) is 9.94. The van der Waals surface area contributed by atoms with Crippen LogP contribution in [0, 0.1) is 5.82 Å². The first-order valence-electron chi connectivity index (χ1n) is 8.26. The lowest BCUT2D eigenvalue weighted by molar-refractivity contribution is 0.292. The first kappa shape index (κ1) is 24.6. The summed E-state index contributed by atoms with van der Waals surface area (Å²) in [5.41, 5.74) is 2.10. The minimum Gasteiger partial charge on any atom is -0.489 e. The van der Waals surface area contributed by atoms with Gasteiger partial charge in [-0.2, -0.15) is 0 Å². The van der Waals surface area contributed by atoms with E-state index in [9.17, 15) is 4.39 Å². The van der Waals surface area contributed by atoms with Crippen LogP contribution in [0.25, 0.3) is 0 Å². The zero-order valence-corrected chi connectivity index (χ0v) is 16.3. The van der Waals surface area contributed by atoms with Crippen molar-refractivity contribution in [1.29, 1.82) is 0 Å². The number of hydrogen-bond acceptors (Lipinski definition) is 4. The summed E-state index contributed by atoms with van der Waals surface area (Å²) < 4.78 is 18.6. The van der Waals surface area contributed by atoms with E-state index in [2.05, 4.69) is 16.7 Å². The van der Waals surface area contributed by atoms with Crippen molar-refractivity contribution in [3.8, 4) is 5.75 Å². The first-order valence-corrected chi connectivity index (χ1v) is 8.26. The molecule has 0 aliphatic carbocycles. The molecule has 0 atom stereocenters. The van der Waals surface area contributed by atoms with Gasteiger partial charge in [0.05, 0.1) is 6.61 Å². The molecule has 146 valence electrons. The second-order valence-corrected chi connectivity index (χ2v) is 5.57. The molecule has 0 amide bonds. The van der Waals surface area contributed by atoms with Crippen molar-refractivity contribution in [2.75, 3.05) is 26.2 Å². The van der Waals surface area contributed by atoms with Gasteiger partial charge in [0.25, 0.3) is 0 Å². The molecular weight excluding hydrogens is 378 g/mol. The Bertz CT molecular complexity index is 600. The van der Waals surface area contributed by atoms with E-state index in [1.54, 1.807) is 12.1 Å². The lowest BCUT2D eigenvalue weighted by atomic mass is 10.2. The largest absolute Gasteiger partial charge is 0.489 e. The quantitative estimate of drug-likeness (QED) is 0.502. The average Bonchev–Trinajstić information content (AvgIpc) is 2.61. The van der Waals surface area contributed by atoms with Gasteiger partial charge in [-0.3, -0.25) is 0 Å². The van der Waals surface area contributed by atoms with E-state index in [4.69, 9.17) is 9.84 Å². The fraction of sp³-hybridized carbons (Fsp3) is 0.368. The Labute approximate surface area is 167 Å². The second-order valence-electron chi connectivity index (χ2n) is 5.57. The summed E-state index contributed by atoms with van der Waals surface area (Å²) in [5, 5.41) is 15.2. The maximum Gasteiger partial charge on any atom is 0.123 e. The molecule has 0 spiro atoms. The maximum absolute atomic E-state index is 12.9. The maximum atomic E-state index is 12.9. The molecule has 2 aromatic rings. The molecule has 0 heterocycles. The molecule has 26 heavy (non-hydrogen) atoms. The zero-order chi connectivity index (χ0) is 17.0. The fourth-order valence-electron chi connectivity index (χ4n) is 2.27. The number of halogens is 3. The van der Waals surface area contributed by atoms with E-state index < -0.39 is 0 Å². The molecule has 0 aliphatic rings. The molecule has 0 unspecified atom stereocenters. The van der Waals surface area contributed by atoms with Gasteiger partial charge in [-0.25, -0.2) is 4.39 Å². The Morgan fingerprint density at radius 2 is 1.62 bits per heavy atom. The van der Waals surface area contributed by atoms with Crippen molar-refractivity contribution in [3.63, 3.8) is 0 Å². The molecular formula is C19H27Cl2FN2O2. The highest BCUT2D eigenvalue weighted by Gasteiger charge is 1.99. The highest BCUT2D eigenvalue weighted by atomic mass is 35.5. The Morgan fingerprint density at radius 3 is 2.35 bits per heavy atom. The number of rotatable bonds is 11. The van der Waals surface area contributed by atoms with Crippen LogP contribution in [-0.2, 0) is 13.2 Å². The standard InChI is InChI=1S/C19H25FN2O2.2ClH/c20-18-7-5-16(6-8-18)15-24-19-4-1-3-17(13-19)14-22-10-2-9-21-11-12-23;;/h1,3-8,13,21-23H,2,9-12,14-15H2;2*1H. The second kappa shape index (κ2) is 14.8. The van der Waals surface area contributed by atoms with E-state index in [0.29, 0.717) is 13.2 Å². The zero-order valence-electron chi connectivity index (χ0n) is 14.6. The molecule has 7 heteroatoms. The van der Waals surface area contributed by atoms with E-state index in [-0.39, 0.29) is 37.2 Å². The number of aliphatic hydroxyl groups excluding tert-OH is 1. The number of nitrogens with one attached hydrogen (secondary N) is 2. The van der Waals surface area contributed by atoms with Gasteiger partial charge in [0.15, 0.2) is 0 Å². The van der Waals surface area contributed by atoms with Crippen LogP contribution in [0.5, 0.6) is 5.75 Å². The van der Waals surface area contributed by atoms with Crippen LogP contribution in [0.15, 0.2) is 48.5 Å². The van der Waals surface area contributed by atoms with Crippen molar-refractivity contribution in [3.05, 3.63) is 65.5 Å². The van der Waals surface area contributed by atoms with Crippen molar-refractivity contribution in [1.82, 2.24) is 10.6 Å². The Morgan fingerprint density at radius 1 is 0.885 bits per heavy atom. The van der Waals surface area contributed by atoms with Crippen LogP contribution in [-0.4, -0.2) is 31.3 Å². The van der Waals surface area contributed by atoms with E-state index in [1.165, 1.54) is 12.1 Å². The van der Waals surface area contributed by atoms with Crippen molar-refractivity contribution < 1.29 is 14.2 Å². The Hall–Kier alpha value is -1.37. The fourth-order valence-corrected chi connectivity index (χ4v) is 2.27. The topological polar surface area (TPSA) is 53.5 Å². The highest BCUT2D eigenvalue weighted by Crippen LogP contribution is 2.15. The molecule has 0 aromatic heterocycles. The molecule has 2 aromatic carbocycles. The van der Waals surface area contributed by atoms with Crippen molar-refractivity contribution >= 4 is 24.8 Å². The predicted octanol–water partition coefficient (Wildman–Crippen LogP) is 3.31. The van der Waals surface area contributed by atoms with E-state index in [0.717, 1.165) is 42.9 Å². The summed E-state index contributed by atoms with van der Waals surface area (Å²) in [5.74, 6) is 0.571. The summed E-state index contributed by atoms with van der Waals surface area (Å²) in [6.45, 7) is 3.85. The summed E-state index contributed by atoms with van der Waals surface area (Å²) >= 11 is 0.